The van der Waals surface area contributed by atoms with Crippen molar-refractivity contribution in [3.8, 4) is 0 Å². The van der Waals surface area contributed by atoms with Gasteiger partial charge in [0.25, 0.3) is 0 Å². The van der Waals surface area contributed by atoms with Gasteiger partial charge in [0.05, 0.1) is 6.10 Å². The molecule has 0 aromatic rings. The van der Waals surface area contributed by atoms with Gasteiger partial charge in [0.2, 0.25) is 0 Å². The molecular weight excluding hydrogens is 264 g/mol. The molecule has 1 aliphatic carbocycles. The molecule has 4 heteroatoms. The Hall–Kier alpha value is -0.770. The highest BCUT2D eigenvalue weighted by Gasteiger charge is 2.31. The number of carbonyl (C=O) groups excluding carboxylic acids is 1. The summed E-state index contributed by atoms with van der Waals surface area (Å²) < 4.78 is 0. The first-order valence-electron chi connectivity index (χ1n) is 8.72. The summed E-state index contributed by atoms with van der Waals surface area (Å²) in [5, 5.41) is 12.8. The number of rotatable bonds is 4. The zero-order chi connectivity index (χ0) is 15.4. The van der Waals surface area contributed by atoms with Gasteiger partial charge in [-0.3, -0.25) is 0 Å². The molecule has 122 valence electrons. The normalized spacial score (nSPS) is 28.2. The highest BCUT2D eigenvalue weighted by Crippen LogP contribution is 2.31. The van der Waals surface area contributed by atoms with Crippen LogP contribution < -0.4 is 5.32 Å². The molecule has 4 nitrogen and oxygen atoms in total. The molecule has 2 N–H and O–H groups in total. The van der Waals surface area contributed by atoms with E-state index >= 15 is 0 Å². The second-order valence-electron chi connectivity index (χ2n) is 7.23. The van der Waals surface area contributed by atoms with Crippen LogP contribution in [0.2, 0.25) is 0 Å². The molecule has 2 fully saturated rings. The van der Waals surface area contributed by atoms with E-state index in [4.69, 9.17) is 0 Å². The van der Waals surface area contributed by atoms with Crippen molar-refractivity contribution in [3.63, 3.8) is 0 Å². The average molecular weight is 296 g/mol. The number of urea groups is 1. The Morgan fingerprint density at radius 1 is 1.10 bits per heavy atom. The van der Waals surface area contributed by atoms with Crippen LogP contribution in [0.1, 0.15) is 59.3 Å². The van der Waals surface area contributed by atoms with Crippen molar-refractivity contribution in [2.45, 2.75) is 71.4 Å². The molecule has 1 aliphatic heterocycles. The second-order valence-corrected chi connectivity index (χ2v) is 7.23. The zero-order valence-electron chi connectivity index (χ0n) is 13.8. The SMILES string of the molecule is C[C@H](O)[C@@H]1CCN(C(=O)N[C@@H](C)[C@H](C)C2CCCCC2)C1. The lowest BCUT2D eigenvalue weighted by atomic mass is 9.78. The van der Waals surface area contributed by atoms with Crippen LogP contribution in [0.4, 0.5) is 4.79 Å². The van der Waals surface area contributed by atoms with Crippen molar-refractivity contribution in [1.82, 2.24) is 10.2 Å². The van der Waals surface area contributed by atoms with E-state index in [0.29, 0.717) is 12.5 Å². The summed E-state index contributed by atoms with van der Waals surface area (Å²) in [6.45, 7) is 7.70. The van der Waals surface area contributed by atoms with E-state index in [0.717, 1.165) is 18.9 Å². The quantitative estimate of drug-likeness (QED) is 0.838. The Balaban J connectivity index is 1.79. The van der Waals surface area contributed by atoms with Gasteiger partial charge in [-0.05, 0) is 32.1 Å². The standard InChI is InChI=1S/C17H32N2O2/c1-12(15-7-5-4-6-8-15)13(2)18-17(21)19-10-9-16(11-19)14(3)20/h12-16,20H,4-11H2,1-3H3,(H,18,21)/t12-,13-,14-,16+/m0/s1. The third-order valence-electron chi connectivity index (χ3n) is 5.73. The van der Waals surface area contributed by atoms with E-state index in [-0.39, 0.29) is 24.1 Å². The Kier molecular flexibility index (Phi) is 5.91. The predicted octanol–water partition coefficient (Wildman–Crippen LogP) is 3.00. The molecule has 2 amide bonds. The molecule has 0 aromatic carbocycles. The summed E-state index contributed by atoms with van der Waals surface area (Å²) in [6, 6.07) is 0.277. The van der Waals surface area contributed by atoms with E-state index in [9.17, 15) is 9.90 Å². The van der Waals surface area contributed by atoms with Gasteiger partial charge < -0.3 is 15.3 Å². The smallest absolute Gasteiger partial charge is 0.317 e. The van der Waals surface area contributed by atoms with Crippen molar-refractivity contribution in [3.05, 3.63) is 0 Å². The van der Waals surface area contributed by atoms with Crippen LogP contribution in [0.25, 0.3) is 0 Å². The molecule has 0 bridgehead atoms. The van der Waals surface area contributed by atoms with Crippen molar-refractivity contribution >= 4 is 6.03 Å². The Morgan fingerprint density at radius 2 is 1.76 bits per heavy atom. The fourth-order valence-corrected chi connectivity index (χ4v) is 3.85. The second kappa shape index (κ2) is 7.48. The first-order valence-corrected chi connectivity index (χ1v) is 8.72. The number of nitrogens with zero attached hydrogens (tertiary/aromatic N) is 1. The van der Waals surface area contributed by atoms with Gasteiger partial charge in [0, 0.05) is 25.0 Å². The van der Waals surface area contributed by atoms with E-state index in [1.54, 1.807) is 0 Å². The Labute approximate surface area is 129 Å². The topological polar surface area (TPSA) is 52.6 Å². The van der Waals surface area contributed by atoms with Crippen molar-refractivity contribution in [2.24, 2.45) is 17.8 Å². The van der Waals surface area contributed by atoms with Crippen LogP contribution in [0.15, 0.2) is 0 Å². The lowest BCUT2D eigenvalue weighted by molar-refractivity contribution is 0.128. The molecule has 21 heavy (non-hydrogen) atoms. The van der Waals surface area contributed by atoms with E-state index in [2.05, 4.69) is 19.2 Å². The average Bonchev–Trinajstić information content (AvgIpc) is 2.97. The maximum Gasteiger partial charge on any atom is 0.317 e. The molecule has 2 rings (SSSR count). The largest absolute Gasteiger partial charge is 0.393 e. The number of likely N-dealkylation sites (tertiary alicyclic amines) is 1. The van der Waals surface area contributed by atoms with Gasteiger partial charge in [0.15, 0.2) is 0 Å². The molecule has 1 saturated carbocycles. The van der Waals surface area contributed by atoms with Crippen LogP contribution in [0, 0.1) is 17.8 Å². The summed E-state index contributed by atoms with van der Waals surface area (Å²) in [5.74, 6) is 1.55. The van der Waals surface area contributed by atoms with E-state index < -0.39 is 0 Å². The zero-order valence-corrected chi connectivity index (χ0v) is 13.8. The molecule has 1 saturated heterocycles. The molecule has 4 atom stereocenters. The number of hydrogen-bond donors (Lipinski definition) is 2. The molecule has 2 aliphatic rings. The number of amides is 2. The summed E-state index contributed by atoms with van der Waals surface area (Å²) in [7, 11) is 0. The van der Waals surface area contributed by atoms with E-state index in [1.807, 2.05) is 11.8 Å². The molecule has 0 unspecified atom stereocenters. The summed E-state index contributed by atoms with van der Waals surface area (Å²) in [6.07, 6.45) is 7.29. The van der Waals surface area contributed by atoms with Gasteiger partial charge in [0.1, 0.15) is 0 Å². The highest BCUT2D eigenvalue weighted by atomic mass is 16.3. The number of carbonyl (C=O) groups is 1. The monoisotopic (exact) mass is 296 g/mol. The first kappa shape index (κ1) is 16.6. The van der Waals surface area contributed by atoms with Crippen molar-refractivity contribution in [1.29, 1.82) is 0 Å². The first-order chi connectivity index (χ1) is 9.99. The molecule has 0 radical (unpaired) electrons. The third kappa shape index (κ3) is 4.35. The van der Waals surface area contributed by atoms with Gasteiger partial charge in [-0.2, -0.15) is 0 Å². The van der Waals surface area contributed by atoms with Crippen LogP contribution in [0.3, 0.4) is 0 Å². The highest BCUT2D eigenvalue weighted by molar-refractivity contribution is 5.74. The fourth-order valence-electron chi connectivity index (χ4n) is 3.85. The number of aliphatic hydroxyl groups excluding tert-OH is 1. The molecule has 1 heterocycles. The van der Waals surface area contributed by atoms with Crippen LogP contribution in [-0.4, -0.2) is 41.3 Å². The summed E-state index contributed by atoms with van der Waals surface area (Å²) in [5.41, 5.74) is 0. The minimum atomic E-state index is -0.318. The number of aliphatic hydroxyl groups is 1. The maximum atomic E-state index is 12.3. The number of hydrogen-bond acceptors (Lipinski definition) is 2. The summed E-state index contributed by atoms with van der Waals surface area (Å²) >= 11 is 0. The van der Waals surface area contributed by atoms with Gasteiger partial charge in [-0.1, -0.05) is 39.0 Å². The molecular formula is C17H32N2O2. The minimum absolute atomic E-state index is 0.0494. The van der Waals surface area contributed by atoms with Gasteiger partial charge in [-0.25, -0.2) is 4.79 Å². The Bertz CT molecular complexity index is 340. The molecule has 0 spiro atoms. The Morgan fingerprint density at radius 3 is 2.33 bits per heavy atom. The minimum Gasteiger partial charge on any atom is -0.393 e. The predicted molar refractivity (Wildman–Crippen MR) is 85.1 cm³/mol. The van der Waals surface area contributed by atoms with Crippen molar-refractivity contribution in [2.75, 3.05) is 13.1 Å². The third-order valence-corrected chi connectivity index (χ3v) is 5.73. The van der Waals surface area contributed by atoms with Crippen molar-refractivity contribution < 1.29 is 9.90 Å². The van der Waals surface area contributed by atoms with Crippen LogP contribution in [0.5, 0.6) is 0 Å². The van der Waals surface area contributed by atoms with Crippen LogP contribution in [-0.2, 0) is 0 Å². The lowest BCUT2D eigenvalue weighted by Crippen LogP contribution is -2.46. The number of nitrogens with one attached hydrogen (secondary N) is 1. The summed E-state index contributed by atoms with van der Waals surface area (Å²) in [4.78, 5) is 14.2. The molecule has 0 aromatic heterocycles. The van der Waals surface area contributed by atoms with E-state index in [1.165, 1.54) is 32.1 Å². The van der Waals surface area contributed by atoms with Gasteiger partial charge >= 0.3 is 6.03 Å². The van der Waals surface area contributed by atoms with Gasteiger partial charge in [-0.15, -0.1) is 0 Å². The lowest BCUT2D eigenvalue weighted by Gasteiger charge is -2.33. The maximum absolute atomic E-state index is 12.3. The fraction of sp³-hybridized carbons (Fsp3) is 0.941. The van der Waals surface area contributed by atoms with Crippen LogP contribution >= 0.6 is 0 Å².